The number of amides is 2. The Morgan fingerprint density at radius 1 is 0.818 bits per heavy atom. The molecule has 0 aliphatic carbocycles. The van der Waals surface area contributed by atoms with Crippen molar-refractivity contribution in [2.24, 2.45) is 0 Å². The van der Waals surface area contributed by atoms with Crippen molar-refractivity contribution in [3.05, 3.63) is 66.9 Å². The number of rotatable bonds is 4. The molecule has 22 heavy (non-hydrogen) atoms. The van der Waals surface area contributed by atoms with Gasteiger partial charge in [-0.2, -0.15) is 0 Å². The number of para-hydroxylation sites is 1. The molecule has 0 spiro atoms. The van der Waals surface area contributed by atoms with E-state index in [4.69, 9.17) is 0 Å². The van der Waals surface area contributed by atoms with Crippen molar-refractivity contribution >= 4 is 28.9 Å². The number of aromatic nitrogens is 1. The first-order chi connectivity index (χ1) is 10.8. The van der Waals surface area contributed by atoms with E-state index in [1.807, 2.05) is 54.6 Å². The molecule has 0 atom stereocenters. The van der Waals surface area contributed by atoms with Gasteiger partial charge in [0.05, 0.1) is 0 Å². The largest absolute Gasteiger partial charge is 0.363 e. The monoisotopic (exact) mass is 294 g/mol. The molecule has 0 unspecified atom stereocenters. The van der Waals surface area contributed by atoms with Crippen LogP contribution in [0.15, 0.2) is 71.4 Å². The lowest BCUT2D eigenvalue weighted by Crippen LogP contribution is -2.19. The minimum atomic E-state index is -0.377. The van der Waals surface area contributed by atoms with E-state index in [0.29, 0.717) is 11.5 Å². The lowest BCUT2D eigenvalue weighted by atomic mass is 10.2. The highest BCUT2D eigenvalue weighted by atomic mass is 16.5. The molecule has 0 fully saturated rings. The Kier molecular flexibility index (Phi) is 4.01. The van der Waals surface area contributed by atoms with Crippen LogP contribution in [0.2, 0.25) is 0 Å². The summed E-state index contributed by atoms with van der Waals surface area (Å²) in [6.45, 7) is 0. The van der Waals surface area contributed by atoms with Crippen molar-refractivity contribution in [2.75, 3.05) is 16.0 Å². The van der Waals surface area contributed by atoms with Gasteiger partial charge in [-0.05, 0) is 36.4 Å². The molecule has 1 aromatic heterocycles. The van der Waals surface area contributed by atoms with E-state index >= 15 is 0 Å². The van der Waals surface area contributed by atoms with Crippen molar-refractivity contribution in [3.8, 4) is 0 Å². The zero-order valence-corrected chi connectivity index (χ0v) is 11.6. The van der Waals surface area contributed by atoms with Gasteiger partial charge in [-0.1, -0.05) is 23.4 Å². The molecule has 0 bridgehead atoms. The first-order valence-electron chi connectivity index (χ1n) is 6.70. The van der Waals surface area contributed by atoms with Gasteiger partial charge in [0.1, 0.15) is 6.26 Å². The van der Waals surface area contributed by atoms with Gasteiger partial charge in [0.15, 0.2) is 5.82 Å². The van der Waals surface area contributed by atoms with E-state index < -0.39 is 0 Å². The summed E-state index contributed by atoms with van der Waals surface area (Å²) in [5, 5.41) is 12.1. The molecule has 3 N–H and O–H groups in total. The summed E-state index contributed by atoms with van der Waals surface area (Å²) in [7, 11) is 0. The number of carbonyl (C=O) groups excluding carboxylic acids is 1. The predicted octanol–water partition coefficient (Wildman–Crippen LogP) is 4.06. The Balaban J connectivity index is 1.58. The van der Waals surface area contributed by atoms with Gasteiger partial charge in [0.2, 0.25) is 0 Å². The van der Waals surface area contributed by atoms with Gasteiger partial charge in [-0.25, -0.2) is 4.79 Å². The molecule has 6 heteroatoms. The summed E-state index contributed by atoms with van der Waals surface area (Å²) in [6.07, 6.45) is 1.39. The number of nitrogens with zero attached hydrogens (tertiary/aromatic N) is 1. The molecule has 3 aromatic rings. The average molecular weight is 294 g/mol. The van der Waals surface area contributed by atoms with Crippen molar-refractivity contribution < 1.29 is 9.32 Å². The highest BCUT2D eigenvalue weighted by molar-refractivity contribution is 5.99. The standard InChI is InChI=1S/C16H14N4O2/c21-16(19-15-10-11-22-20-15)18-14-8-6-13(7-9-14)17-12-4-2-1-3-5-12/h1-11,17H,(H2,18,19,20,21). The van der Waals surface area contributed by atoms with Gasteiger partial charge < -0.3 is 15.2 Å². The molecule has 3 rings (SSSR count). The van der Waals surface area contributed by atoms with E-state index in [2.05, 4.69) is 25.6 Å². The molecular formula is C16H14N4O2. The molecule has 2 amide bonds. The summed E-state index contributed by atoms with van der Waals surface area (Å²) in [4.78, 5) is 11.7. The van der Waals surface area contributed by atoms with Crippen LogP contribution in [0.3, 0.4) is 0 Å². The number of carbonyl (C=O) groups is 1. The second-order valence-corrected chi connectivity index (χ2v) is 4.53. The van der Waals surface area contributed by atoms with E-state index in [1.165, 1.54) is 6.26 Å². The van der Waals surface area contributed by atoms with Gasteiger partial charge >= 0.3 is 6.03 Å². The number of urea groups is 1. The van der Waals surface area contributed by atoms with Crippen molar-refractivity contribution in [2.45, 2.75) is 0 Å². The van der Waals surface area contributed by atoms with Crippen LogP contribution in [-0.4, -0.2) is 11.2 Å². The highest BCUT2D eigenvalue weighted by Crippen LogP contribution is 2.18. The minimum absolute atomic E-state index is 0.361. The summed E-state index contributed by atoms with van der Waals surface area (Å²) >= 11 is 0. The Labute approximate surface area is 127 Å². The van der Waals surface area contributed by atoms with E-state index in [0.717, 1.165) is 11.4 Å². The minimum Gasteiger partial charge on any atom is -0.363 e. The Hall–Kier alpha value is -3.28. The number of nitrogens with one attached hydrogen (secondary N) is 3. The van der Waals surface area contributed by atoms with Crippen LogP contribution < -0.4 is 16.0 Å². The zero-order valence-electron chi connectivity index (χ0n) is 11.6. The highest BCUT2D eigenvalue weighted by Gasteiger charge is 2.04. The average Bonchev–Trinajstić information content (AvgIpc) is 3.03. The normalized spacial score (nSPS) is 10.0. The lowest BCUT2D eigenvalue weighted by Gasteiger charge is -2.08. The summed E-state index contributed by atoms with van der Waals surface area (Å²) in [6, 6.07) is 18.4. The summed E-state index contributed by atoms with van der Waals surface area (Å²) in [5.74, 6) is 0.361. The van der Waals surface area contributed by atoms with Gasteiger partial charge in [-0.15, -0.1) is 0 Å². The quantitative estimate of drug-likeness (QED) is 0.678. The molecule has 0 radical (unpaired) electrons. The number of hydrogen-bond donors (Lipinski definition) is 3. The fraction of sp³-hybridized carbons (Fsp3) is 0. The third-order valence-corrected chi connectivity index (χ3v) is 2.88. The van der Waals surface area contributed by atoms with Gasteiger partial charge in [0.25, 0.3) is 0 Å². The van der Waals surface area contributed by atoms with Crippen LogP contribution in [0.25, 0.3) is 0 Å². The van der Waals surface area contributed by atoms with Crippen LogP contribution >= 0.6 is 0 Å². The molecule has 2 aromatic carbocycles. The Morgan fingerprint density at radius 3 is 2.18 bits per heavy atom. The number of anilines is 4. The van der Waals surface area contributed by atoms with Gasteiger partial charge in [0, 0.05) is 23.1 Å². The number of benzene rings is 2. The molecule has 0 saturated carbocycles. The molecule has 0 aliphatic rings. The molecule has 110 valence electrons. The fourth-order valence-corrected chi connectivity index (χ4v) is 1.88. The Bertz CT molecular complexity index is 725. The first kappa shape index (κ1) is 13.7. The second kappa shape index (κ2) is 6.45. The van der Waals surface area contributed by atoms with Crippen molar-refractivity contribution in [1.29, 1.82) is 0 Å². The lowest BCUT2D eigenvalue weighted by molar-refractivity contribution is 0.262. The van der Waals surface area contributed by atoms with Gasteiger partial charge in [-0.3, -0.25) is 5.32 Å². The van der Waals surface area contributed by atoms with Crippen LogP contribution in [-0.2, 0) is 0 Å². The van der Waals surface area contributed by atoms with Crippen molar-refractivity contribution in [1.82, 2.24) is 5.16 Å². The maximum absolute atomic E-state index is 11.7. The topological polar surface area (TPSA) is 79.2 Å². The van der Waals surface area contributed by atoms with E-state index in [1.54, 1.807) is 6.07 Å². The zero-order chi connectivity index (χ0) is 15.2. The van der Waals surface area contributed by atoms with Crippen LogP contribution in [0, 0.1) is 0 Å². The second-order valence-electron chi connectivity index (χ2n) is 4.53. The van der Waals surface area contributed by atoms with E-state index in [9.17, 15) is 4.79 Å². The van der Waals surface area contributed by atoms with Crippen LogP contribution in [0.4, 0.5) is 27.7 Å². The summed E-state index contributed by atoms with van der Waals surface area (Å²) in [5.41, 5.74) is 2.63. The molecule has 6 nitrogen and oxygen atoms in total. The maximum atomic E-state index is 11.7. The maximum Gasteiger partial charge on any atom is 0.324 e. The van der Waals surface area contributed by atoms with Crippen LogP contribution in [0.5, 0.6) is 0 Å². The molecule has 0 aliphatic heterocycles. The fourth-order valence-electron chi connectivity index (χ4n) is 1.88. The Morgan fingerprint density at radius 2 is 1.50 bits per heavy atom. The SMILES string of the molecule is O=C(Nc1ccc(Nc2ccccc2)cc1)Nc1ccon1. The third kappa shape index (κ3) is 3.63. The molecular weight excluding hydrogens is 280 g/mol. The third-order valence-electron chi connectivity index (χ3n) is 2.88. The smallest absolute Gasteiger partial charge is 0.324 e. The first-order valence-corrected chi connectivity index (χ1v) is 6.70. The predicted molar refractivity (Wildman–Crippen MR) is 85.3 cm³/mol. The van der Waals surface area contributed by atoms with E-state index in [-0.39, 0.29) is 6.03 Å². The molecule has 1 heterocycles. The number of hydrogen-bond acceptors (Lipinski definition) is 4. The summed E-state index contributed by atoms with van der Waals surface area (Å²) < 4.78 is 4.64. The van der Waals surface area contributed by atoms with Crippen molar-refractivity contribution in [3.63, 3.8) is 0 Å². The van der Waals surface area contributed by atoms with Crippen LogP contribution in [0.1, 0.15) is 0 Å². The molecule has 0 saturated heterocycles.